The van der Waals surface area contributed by atoms with Gasteiger partial charge in [-0.25, -0.2) is 4.90 Å². The van der Waals surface area contributed by atoms with Gasteiger partial charge in [-0.05, 0) is 43.3 Å². The Labute approximate surface area is 134 Å². The Balaban J connectivity index is 1.72. The molecule has 0 unspecified atom stereocenters. The van der Waals surface area contributed by atoms with Crippen LogP contribution < -0.4 is 15.0 Å². The zero-order valence-electron chi connectivity index (χ0n) is 12.9. The minimum Gasteiger partial charge on any atom is -0.494 e. The number of imide groups is 1. The molecule has 1 N–H and O–H groups in total. The third-order valence-corrected chi connectivity index (χ3v) is 3.67. The van der Waals surface area contributed by atoms with Gasteiger partial charge in [0.05, 0.1) is 18.7 Å². The van der Waals surface area contributed by atoms with E-state index in [0.29, 0.717) is 12.3 Å². The average molecular weight is 310 g/mol. The predicted molar refractivity (Wildman–Crippen MR) is 88.6 cm³/mol. The molecule has 118 valence electrons. The standard InChI is InChI=1S/C18H18N2O3/c1-2-23-15-10-8-13(9-11-15)19-16-12-17(21)20(18(16)22)14-6-4-3-5-7-14/h3-11,16,19H,2,12H2,1H3/t16-/m1/s1. The topological polar surface area (TPSA) is 58.6 Å². The molecule has 1 fully saturated rings. The van der Waals surface area contributed by atoms with E-state index in [1.54, 1.807) is 12.1 Å². The molecule has 1 saturated heterocycles. The summed E-state index contributed by atoms with van der Waals surface area (Å²) in [5.74, 6) is 0.359. The Hall–Kier alpha value is -2.82. The second-order valence-electron chi connectivity index (χ2n) is 5.26. The molecule has 23 heavy (non-hydrogen) atoms. The van der Waals surface area contributed by atoms with Gasteiger partial charge in [-0.15, -0.1) is 0 Å². The first-order chi connectivity index (χ1) is 11.2. The first kappa shape index (κ1) is 15.1. The van der Waals surface area contributed by atoms with Crippen molar-refractivity contribution in [1.29, 1.82) is 0 Å². The zero-order chi connectivity index (χ0) is 16.2. The number of carbonyl (C=O) groups excluding carboxylic acids is 2. The smallest absolute Gasteiger partial charge is 0.256 e. The number of hydrogen-bond donors (Lipinski definition) is 1. The van der Waals surface area contributed by atoms with Crippen molar-refractivity contribution >= 4 is 23.2 Å². The Bertz CT molecular complexity index is 698. The number of hydrogen-bond acceptors (Lipinski definition) is 4. The number of nitrogens with zero attached hydrogens (tertiary/aromatic N) is 1. The van der Waals surface area contributed by atoms with Crippen molar-refractivity contribution in [3.05, 3.63) is 54.6 Å². The van der Waals surface area contributed by atoms with Gasteiger partial charge < -0.3 is 10.1 Å². The van der Waals surface area contributed by atoms with Crippen LogP contribution in [0.25, 0.3) is 0 Å². The minimum atomic E-state index is -0.541. The largest absolute Gasteiger partial charge is 0.494 e. The molecule has 0 bridgehead atoms. The molecule has 1 aliphatic heterocycles. The Morgan fingerprint density at radius 3 is 2.43 bits per heavy atom. The van der Waals surface area contributed by atoms with Crippen LogP contribution in [0.4, 0.5) is 11.4 Å². The van der Waals surface area contributed by atoms with Gasteiger partial charge in [0.15, 0.2) is 0 Å². The third kappa shape index (κ3) is 3.18. The molecule has 0 radical (unpaired) electrons. The van der Waals surface area contributed by atoms with Crippen LogP contribution in [0.1, 0.15) is 13.3 Å². The van der Waals surface area contributed by atoms with Crippen molar-refractivity contribution in [1.82, 2.24) is 0 Å². The lowest BCUT2D eigenvalue weighted by Crippen LogP contribution is -2.34. The van der Waals surface area contributed by atoms with Gasteiger partial charge in [0.1, 0.15) is 11.8 Å². The van der Waals surface area contributed by atoms with E-state index in [1.807, 2.05) is 49.4 Å². The van der Waals surface area contributed by atoms with Crippen molar-refractivity contribution in [3.63, 3.8) is 0 Å². The molecule has 0 saturated carbocycles. The summed E-state index contributed by atoms with van der Waals surface area (Å²) in [6, 6.07) is 15.8. The molecular weight excluding hydrogens is 292 g/mol. The van der Waals surface area contributed by atoms with Gasteiger partial charge in [0, 0.05) is 5.69 Å². The molecule has 0 aliphatic carbocycles. The highest BCUT2D eigenvalue weighted by molar-refractivity contribution is 6.23. The van der Waals surface area contributed by atoms with Crippen LogP contribution in [0.5, 0.6) is 5.75 Å². The van der Waals surface area contributed by atoms with Crippen LogP contribution in [0.3, 0.4) is 0 Å². The number of benzene rings is 2. The summed E-state index contributed by atoms with van der Waals surface area (Å²) in [6.07, 6.45) is 0.154. The number of anilines is 2. The lowest BCUT2D eigenvalue weighted by atomic mass is 10.2. The van der Waals surface area contributed by atoms with E-state index in [9.17, 15) is 9.59 Å². The first-order valence-corrected chi connectivity index (χ1v) is 7.60. The van der Waals surface area contributed by atoms with E-state index in [1.165, 1.54) is 4.90 Å². The summed E-state index contributed by atoms with van der Waals surface area (Å²) in [7, 11) is 0. The maximum atomic E-state index is 12.5. The molecule has 2 aromatic carbocycles. The third-order valence-electron chi connectivity index (χ3n) is 3.67. The van der Waals surface area contributed by atoms with E-state index in [-0.39, 0.29) is 18.2 Å². The number of para-hydroxylation sites is 1. The van der Waals surface area contributed by atoms with Gasteiger partial charge in [-0.2, -0.15) is 0 Å². The molecular formula is C18H18N2O3. The molecule has 0 aromatic heterocycles. The molecule has 3 rings (SSSR count). The van der Waals surface area contributed by atoms with Gasteiger partial charge in [-0.3, -0.25) is 9.59 Å². The van der Waals surface area contributed by atoms with E-state index in [0.717, 1.165) is 11.4 Å². The van der Waals surface area contributed by atoms with Gasteiger partial charge in [-0.1, -0.05) is 18.2 Å². The molecule has 5 nitrogen and oxygen atoms in total. The van der Waals surface area contributed by atoms with Gasteiger partial charge >= 0.3 is 0 Å². The van der Waals surface area contributed by atoms with Crippen LogP contribution in [0.15, 0.2) is 54.6 Å². The summed E-state index contributed by atoms with van der Waals surface area (Å²) in [4.78, 5) is 25.9. The number of ether oxygens (including phenoxy) is 1. The molecule has 1 atom stereocenters. The molecule has 0 spiro atoms. The van der Waals surface area contributed by atoms with Crippen molar-refractivity contribution in [2.45, 2.75) is 19.4 Å². The van der Waals surface area contributed by atoms with Gasteiger partial charge in [0.25, 0.3) is 5.91 Å². The zero-order valence-corrected chi connectivity index (χ0v) is 12.9. The highest BCUT2D eigenvalue weighted by Gasteiger charge is 2.39. The lowest BCUT2D eigenvalue weighted by Gasteiger charge is -2.16. The number of amides is 2. The Morgan fingerprint density at radius 2 is 1.78 bits per heavy atom. The fourth-order valence-electron chi connectivity index (χ4n) is 2.61. The number of carbonyl (C=O) groups is 2. The summed E-state index contributed by atoms with van der Waals surface area (Å²) >= 11 is 0. The highest BCUT2D eigenvalue weighted by Crippen LogP contribution is 2.25. The average Bonchev–Trinajstić information content (AvgIpc) is 2.84. The van der Waals surface area contributed by atoms with E-state index >= 15 is 0 Å². The van der Waals surface area contributed by atoms with E-state index in [2.05, 4.69) is 5.32 Å². The predicted octanol–water partition coefficient (Wildman–Crippen LogP) is 2.83. The second kappa shape index (κ2) is 6.52. The van der Waals surface area contributed by atoms with Gasteiger partial charge in [0.2, 0.25) is 5.91 Å². The van der Waals surface area contributed by atoms with Crippen LogP contribution in [-0.4, -0.2) is 24.5 Å². The van der Waals surface area contributed by atoms with Crippen molar-refractivity contribution in [2.75, 3.05) is 16.8 Å². The van der Waals surface area contributed by atoms with Crippen molar-refractivity contribution < 1.29 is 14.3 Å². The normalized spacial score (nSPS) is 17.4. The lowest BCUT2D eigenvalue weighted by molar-refractivity contribution is -0.121. The molecule has 1 aliphatic rings. The maximum Gasteiger partial charge on any atom is 0.256 e. The van der Waals surface area contributed by atoms with Crippen LogP contribution >= 0.6 is 0 Å². The fraction of sp³-hybridized carbons (Fsp3) is 0.222. The number of nitrogens with one attached hydrogen (secondary N) is 1. The molecule has 2 aromatic rings. The minimum absolute atomic E-state index is 0.154. The van der Waals surface area contributed by atoms with Crippen molar-refractivity contribution in [2.24, 2.45) is 0 Å². The SMILES string of the molecule is CCOc1ccc(N[C@@H]2CC(=O)N(c3ccccc3)C2=O)cc1. The van der Waals surface area contributed by atoms with Crippen LogP contribution in [0, 0.1) is 0 Å². The number of rotatable bonds is 5. The van der Waals surface area contributed by atoms with Crippen molar-refractivity contribution in [3.8, 4) is 5.75 Å². The van der Waals surface area contributed by atoms with Crippen LogP contribution in [0.2, 0.25) is 0 Å². The molecule has 5 heteroatoms. The summed E-state index contributed by atoms with van der Waals surface area (Å²) in [6.45, 7) is 2.53. The van der Waals surface area contributed by atoms with E-state index < -0.39 is 6.04 Å². The summed E-state index contributed by atoms with van der Waals surface area (Å²) in [5, 5.41) is 3.12. The molecule has 2 amide bonds. The quantitative estimate of drug-likeness (QED) is 0.863. The fourth-order valence-corrected chi connectivity index (χ4v) is 2.61. The highest BCUT2D eigenvalue weighted by atomic mass is 16.5. The maximum absolute atomic E-state index is 12.5. The summed E-state index contributed by atoms with van der Waals surface area (Å²) in [5.41, 5.74) is 1.40. The first-order valence-electron chi connectivity index (χ1n) is 7.60. The monoisotopic (exact) mass is 310 g/mol. The van der Waals surface area contributed by atoms with Crippen LogP contribution in [-0.2, 0) is 9.59 Å². The Kier molecular flexibility index (Phi) is 4.28. The second-order valence-corrected chi connectivity index (χ2v) is 5.26. The molecule has 1 heterocycles. The summed E-state index contributed by atoms with van der Waals surface area (Å²) < 4.78 is 5.39. The van der Waals surface area contributed by atoms with E-state index in [4.69, 9.17) is 4.74 Å². The Morgan fingerprint density at radius 1 is 1.09 bits per heavy atom.